The topological polar surface area (TPSA) is 28.2 Å². The normalized spacial score (nSPS) is 14.8. The summed E-state index contributed by atoms with van der Waals surface area (Å²) in [5.74, 6) is 0.902. The average Bonchev–Trinajstić information content (AvgIpc) is 3.23. The summed E-state index contributed by atoms with van der Waals surface area (Å²) in [6.45, 7) is 8.81. The van der Waals surface area contributed by atoms with Crippen molar-refractivity contribution in [1.29, 1.82) is 0 Å². The van der Waals surface area contributed by atoms with E-state index in [9.17, 15) is 4.39 Å². The lowest BCUT2D eigenvalue weighted by molar-refractivity contribution is 0.553. The standard InChI is InChI=1S/C16H26FN3/c1-4-8-18-10-13-7-9-19-16(15(13)17)20(11-12(2)3)14-5-6-14/h7,9,12,14,18H,4-6,8,10-11H2,1-3H3. The predicted molar refractivity (Wildman–Crippen MR) is 81.4 cm³/mol. The first-order chi connectivity index (χ1) is 9.63. The van der Waals surface area contributed by atoms with Gasteiger partial charge in [0.05, 0.1) is 0 Å². The molecule has 0 saturated heterocycles. The van der Waals surface area contributed by atoms with Crippen molar-refractivity contribution >= 4 is 5.82 Å². The van der Waals surface area contributed by atoms with Crippen LogP contribution in [0.2, 0.25) is 0 Å². The number of rotatable bonds is 8. The molecule has 4 heteroatoms. The number of aromatic nitrogens is 1. The Morgan fingerprint density at radius 1 is 1.45 bits per heavy atom. The molecule has 0 bridgehead atoms. The molecule has 1 aliphatic rings. The minimum atomic E-state index is -0.149. The number of hydrogen-bond acceptors (Lipinski definition) is 3. The minimum absolute atomic E-state index is 0.149. The van der Waals surface area contributed by atoms with Crippen LogP contribution < -0.4 is 10.2 Å². The molecule has 1 fully saturated rings. The summed E-state index contributed by atoms with van der Waals surface area (Å²) in [6.07, 6.45) is 5.11. The maximum absolute atomic E-state index is 14.6. The van der Waals surface area contributed by atoms with Crippen LogP contribution in [0, 0.1) is 11.7 Å². The van der Waals surface area contributed by atoms with Crippen LogP contribution in [0.1, 0.15) is 45.6 Å². The van der Waals surface area contributed by atoms with Crippen LogP contribution in [0.5, 0.6) is 0 Å². The van der Waals surface area contributed by atoms with Gasteiger partial charge < -0.3 is 10.2 Å². The van der Waals surface area contributed by atoms with E-state index in [0.29, 0.717) is 24.3 Å². The van der Waals surface area contributed by atoms with Crippen LogP contribution in [0.15, 0.2) is 12.3 Å². The lowest BCUT2D eigenvalue weighted by Crippen LogP contribution is -2.32. The molecule has 1 heterocycles. The second kappa shape index (κ2) is 7.02. The largest absolute Gasteiger partial charge is 0.351 e. The maximum atomic E-state index is 14.6. The number of nitrogens with one attached hydrogen (secondary N) is 1. The summed E-state index contributed by atoms with van der Waals surface area (Å²) in [5, 5.41) is 3.26. The van der Waals surface area contributed by atoms with Crippen LogP contribution in [-0.4, -0.2) is 24.1 Å². The maximum Gasteiger partial charge on any atom is 0.170 e. The van der Waals surface area contributed by atoms with Gasteiger partial charge in [-0.25, -0.2) is 9.37 Å². The van der Waals surface area contributed by atoms with Gasteiger partial charge in [-0.3, -0.25) is 0 Å². The molecule has 2 rings (SSSR count). The van der Waals surface area contributed by atoms with E-state index < -0.39 is 0 Å². The van der Waals surface area contributed by atoms with Crippen LogP contribution in [-0.2, 0) is 6.54 Å². The third-order valence-corrected chi connectivity index (χ3v) is 3.51. The summed E-state index contributed by atoms with van der Waals surface area (Å²) in [7, 11) is 0. The highest BCUT2D eigenvalue weighted by molar-refractivity contribution is 5.45. The molecule has 0 unspecified atom stereocenters. The van der Waals surface area contributed by atoms with Crippen molar-refractivity contribution in [2.24, 2.45) is 5.92 Å². The molecular formula is C16H26FN3. The highest BCUT2D eigenvalue weighted by Gasteiger charge is 2.32. The molecule has 1 aliphatic carbocycles. The Kier molecular flexibility index (Phi) is 5.35. The van der Waals surface area contributed by atoms with Crippen molar-refractivity contribution in [2.45, 2.75) is 52.6 Å². The molecule has 20 heavy (non-hydrogen) atoms. The number of anilines is 1. The van der Waals surface area contributed by atoms with E-state index in [1.807, 2.05) is 0 Å². The highest BCUT2D eigenvalue weighted by Crippen LogP contribution is 2.33. The van der Waals surface area contributed by atoms with Gasteiger partial charge in [-0.2, -0.15) is 0 Å². The first kappa shape index (κ1) is 15.2. The molecule has 112 valence electrons. The van der Waals surface area contributed by atoms with Crippen molar-refractivity contribution in [3.8, 4) is 0 Å². The van der Waals surface area contributed by atoms with Gasteiger partial charge in [0, 0.05) is 30.9 Å². The van der Waals surface area contributed by atoms with Crippen molar-refractivity contribution in [3.05, 3.63) is 23.6 Å². The summed E-state index contributed by atoms with van der Waals surface area (Å²) in [5.41, 5.74) is 0.720. The first-order valence-corrected chi connectivity index (χ1v) is 7.74. The molecule has 3 nitrogen and oxygen atoms in total. The third-order valence-electron chi connectivity index (χ3n) is 3.51. The molecule has 0 amide bonds. The monoisotopic (exact) mass is 279 g/mol. The first-order valence-electron chi connectivity index (χ1n) is 7.74. The molecule has 0 atom stereocenters. The Morgan fingerprint density at radius 2 is 2.20 bits per heavy atom. The molecule has 0 radical (unpaired) electrons. The zero-order valence-electron chi connectivity index (χ0n) is 12.8. The SMILES string of the molecule is CCCNCc1ccnc(N(CC(C)C)C2CC2)c1F. The quantitative estimate of drug-likeness (QED) is 0.740. The molecule has 1 aromatic heterocycles. The van der Waals surface area contributed by atoms with Gasteiger partial charge in [0.2, 0.25) is 0 Å². The fraction of sp³-hybridized carbons (Fsp3) is 0.688. The molecular weight excluding hydrogens is 253 g/mol. The molecule has 1 aromatic rings. The molecule has 0 spiro atoms. The molecule has 0 aromatic carbocycles. The highest BCUT2D eigenvalue weighted by atomic mass is 19.1. The van der Waals surface area contributed by atoms with E-state index in [-0.39, 0.29) is 5.82 Å². The fourth-order valence-corrected chi connectivity index (χ4v) is 2.40. The van der Waals surface area contributed by atoms with Gasteiger partial charge in [-0.15, -0.1) is 0 Å². The Balaban J connectivity index is 2.14. The van der Waals surface area contributed by atoms with Gasteiger partial charge in [-0.05, 0) is 37.8 Å². The Morgan fingerprint density at radius 3 is 2.80 bits per heavy atom. The van der Waals surface area contributed by atoms with Crippen LogP contribution in [0.25, 0.3) is 0 Å². The van der Waals surface area contributed by atoms with E-state index in [1.54, 1.807) is 12.3 Å². The zero-order valence-corrected chi connectivity index (χ0v) is 12.8. The molecule has 1 N–H and O–H groups in total. The minimum Gasteiger partial charge on any atom is -0.351 e. The lowest BCUT2D eigenvalue weighted by atomic mass is 10.2. The summed E-state index contributed by atoms with van der Waals surface area (Å²) in [6, 6.07) is 2.26. The number of nitrogens with zero attached hydrogens (tertiary/aromatic N) is 2. The van der Waals surface area contributed by atoms with Crippen LogP contribution in [0.3, 0.4) is 0 Å². The van der Waals surface area contributed by atoms with E-state index in [4.69, 9.17) is 0 Å². The molecule has 1 saturated carbocycles. The van der Waals surface area contributed by atoms with Crippen molar-refractivity contribution < 1.29 is 4.39 Å². The Hall–Kier alpha value is -1.16. The lowest BCUT2D eigenvalue weighted by Gasteiger charge is -2.26. The second-order valence-corrected chi connectivity index (χ2v) is 6.06. The van der Waals surface area contributed by atoms with E-state index in [1.165, 1.54) is 0 Å². The van der Waals surface area contributed by atoms with Crippen LogP contribution >= 0.6 is 0 Å². The average molecular weight is 279 g/mol. The third kappa shape index (κ3) is 3.92. The second-order valence-electron chi connectivity index (χ2n) is 6.06. The Bertz CT molecular complexity index is 430. The van der Waals surface area contributed by atoms with Crippen molar-refractivity contribution in [2.75, 3.05) is 18.0 Å². The predicted octanol–water partition coefficient (Wildman–Crippen LogP) is 3.35. The smallest absolute Gasteiger partial charge is 0.170 e. The number of pyridine rings is 1. The molecule has 0 aliphatic heterocycles. The Labute approximate surface area is 121 Å². The van der Waals surface area contributed by atoms with E-state index in [0.717, 1.165) is 37.9 Å². The number of hydrogen-bond donors (Lipinski definition) is 1. The zero-order chi connectivity index (χ0) is 14.5. The van der Waals surface area contributed by atoms with Crippen molar-refractivity contribution in [3.63, 3.8) is 0 Å². The van der Waals surface area contributed by atoms with Gasteiger partial charge in [0.1, 0.15) is 0 Å². The van der Waals surface area contributed by atoms with E-state index in [2.05, 4.69) is 36.0 Å². The summed E-state index contributed by atoms with van der Waals surface area (Å²) >= 11 is 0. The van der Waals surface area contributed by atoms with Gasteiger partial charge in [-0.1, -0.05) is 20.8 Å². The van der Waals surface area contributed by atoms with Crippen LogP contribution in [0.4, 0.5) is 10.2 Å². The number of halogens is 1. The van der Waals surface area contributed by atoms with Gasteiger partial charge in [0.15, 0.2) is 11.6 Å². The van der Waals surface area contributed by atoms with E-state index >= 15 is 0 Å². The summed E-state index contributed by atoms with van der Waals surface area (Å²) < 4.78 is 14.6. The van der Waals surface area contributed by atoms with Gasteiger partial charge >= 0.3 is 0 Å². The van der Waals surface area contributed by atoms with Gasteiger partial charge in [0.25, 0.3) is 0 Å². The summed E-state index contributed by atoms with van der Waals surface area (Å²) in [4.78, 5) is 6.46. The van der Waals surface area contributed by atoms with Crippen molar-refractivity contribution in [1.82, 2.24) is 10.3 Å². The fourth-order valence-electron chi connectivity index (χ4n) is 2.40.